The van der Waals surface area contributed by atoms with E-state index in [4.69, 9.17) is 16.0 Å². The van der Waals surface area contributed by atoms with E-state index in [0.29, 0.717) is 22.8 Å². The quantitative estimate of drug-likeness (QED) is 0.672. The van der Waals surface area contributed by atoms with E-state index < -0.39 is 0 Å². The highest BCUT2D eigenvalue weighted by Crippen LogP contribution is 2.24. The Morgan fingerprint density at radius 2 is 1.96 bits per heavy atom. The van der Waals surface area contributed by atoms with Crippen molar-refractivity contribution in [2.45, 2.75) is 20.4 Å². The fourth-order valence-electron chi connectivity index (χ4n) is 3.01. The summed E-state index contributed by atoms with van der Waals surface area (Å²) < 4.78 is 5.40. The third-order valence-corrected chi connectivity index (χ3v) is 4.71. The molecule has 1 N–H and O–H groups in total. The summed E-state index contributed by atoms with van der Waals surface area (Å²) >= 11 is 5.94. The molecule has 5 nitrogen and oxygen atoms in total. The van der Waals surface area contributed by atoms with Gasteiger partial charge in [0.1, 0.15) is 5.58 Å². The predicted octanol–water partition coefficient (Wildman–Crippen LogP) is 4.13. The van der Waals surface area contributed by atoms with Gasteiger partial charge in [0.05, 0.1) is 6.54 Å². The van der Waals surface area contributed by atoms with Crippen molar-refractivity contribution in [2.75, 3.05) is 18.9 Å². The van der Waals surface area contributed by atoms with Crippen LogP contribution in [-0.2, 0) is 11.3 Å². The topological polar surface area (TPSA) is 62.6 Å². The van der Waals surface area contributed by atoms with Crippen molar-refractivity contribution in [2.24, 2.45) is 0 Å². The SMILES string of the molecule is Cc1ccc2c(CN(C)CC(=O)Nc3cccc(Cl)c3)cc(=O)oc2c1C. The number of anilines is 1. The van der Waals surface area contributed by atoms with Crippen LogP contribution >= 0.6 is 11.6 Å². The van der Waals surface area contributed by atoms with Gasteiger partial charge in [-0.2, -0.15) is 0 Å². The number of nitrogens with zero attached hydrogens (tertiary/aromatic N) is 1. The largest absolute Gasteiger partial charge is 0.422 e. The standard InChI is InChI=1S/C21H21ClN2O3/c1-13-7-8-18-15(9-20(26)27-21(18)14(13)2)11-24(3)12-19(25)23-17-6-4-5-16(22)10-17/h4-10H,11-12H2,1-3H3,(H,23,25). The summed E-state index contributed by atoms with van der Waals surface area (Å²) in [5, 5.41) is 4.27. The molecule has 27 heavy (non-hydrogen) atoms. The first kappa shape index (κ1) is 19.1. The predicted molar refractivity (Wildman–Crippen MR) is 108 cm³/mol. The van der Waals surface area contributed by atoms with Crippen LogP contribution < -0.4 is 10.9 Å². The van der Waals surface area contributed by atoms with Crippen LogP contribution in [0, 0.1) is 13.8 Å². The van der Waals surface area contributed by atoms with Gasteiger partial charge in [-0.15, -0.1) is 0 Å². The highest BCUT2D eigenvalue weighted by Gasteiger charge is 2.13. The number of hydrogen-bond donors (Lipinski definition) is 1. The number of aryl methyl sites for hydroxylation is 2. The minimum atomic E-state index is -0.386. The Bertz CT molecular complexity index is 1060. The van der Waals surface area contributed by atoms with Gasteiger partial charge in [-0.1, -0.05) is 29.8 Å². The van der Waals surface area contributed by atoms with Crippen LogP contribution in [0.2, 0.25) is 5.02 Å². The number of hydrogen-bond acceptors (Lipinski definition) is 4. The van der Waals surface area contributed by atoms with Crippen LogP contribution in [0.3, 0.4) is 0 Å². The summed E-state index contributed by atoms with van der Waals surface area (Å²) in [6.07, 6.45) is 0. The van der Waals surface area contributed by atoms with E-state index >= 15 is 0 Å². The zero-order valence-corrected chi connectivity index (χ0v) is 16.3. The van der Waals surface area contributed by atoms with Gasteiger partial charge >= 0.3 is 5.63 Å². The normalized spacial score (nSPS) is 11.1. The molecule has 0 fully saturated rings. The lowest BCUT2D eigenvalue weighted by molar-refractivity contribution is -0.117. The Morgan fingerprint density at radius 3 is 2.70 bits per heavy atom. The van der Waals surface area contributed by atoms with Gasteiger partial charge in [-0.25, -0.2) is 4.79 Å². The number of rotatable bonds is 5. The molecule has 1 aromatic heterocycles. The molecule has 6 heteroatoms. The summed E-state index contributed by atoms with van der Waals surface area (Å²) in [5.41, 5.74) is 3.72. The summed E-state index contributed by atoms with van der Waals surface area (Å²) in [6, 6.07) is 12.5. The number of carbonyl (C=O) groups excluding carboxylic acids is 1. The fraction of sp³-hybridized carbons (Fsp3) is 0.238. The highest BCUT2D eigenvalue weighted by molar-refractivity contribution is 6.30. The van der Waals surface area contributed by atoms with E-state index in [1.807, 2.05) is 37.9 Å². The first-order valence-corrected chi connectivity index (χ1v) is 8.98. The Hall–Kier alpha value is -2.63. The van der Waals surface area contributed by atoms with Crippen LogP contribution in [0.1, 0.15) is 16.7 Å². The maximum atomic E-state index is 12.3. The number of fused-ring (bicyclic) bond motifs is 1. The summed E-state index contributed by atoms with van der Waals surface area (Å²) in [4.78, 5) is 26.1. The molecule has 0 aliphatic heterocycles. The zero-order chi connectivity index (χ0) is 19.6. The van der Waals surface area contributed by atoms with Gasteiger partial charge < -0.3 is 9.73 Å². The molecule has 0 aliphatic carbocycles. The minimum absolute atomic E-state index is 0.154. The van der Waals surface area contributed by atoms with E-state index in [-0.39, 0.29) is 18.1 Å². The summed E-state index contributed by atoms with van der Waals surface area (Å²) in [7, 11) is 1.83. The van der Waals surface area contributed by atoms with Crippen molar-refractivity contribution in [3.63, 3.8) is 0 Å². The Morgan fingerprint density at radius 1 is 1.19 bits per heavy atom. The van der Waals surface area contributed by atoms with E-state index in [2.05, 4.69) is 5.32 Å². The number of nitrogens with one attached hydrogen (secondary N) is 1. The molecule has 3 aromatic rings. The number of carbonyl (C=O) groups is 1. The maximum absolute atomic E-state index is 12.3. The first-order valence-electron chi connectivity index (χ1n) is 8.60. The second kappa shape index (κ2) is 7.94. The molecule has 0 bridgehead atoms. The van der Waals surface area contributed by atoms with Gasteiger partial charge in [-0.3, -0.25) is 9.69 Å². The number of benzene rings is 2. The monoisotopic (exact) mass is 384 g/mol. The van der Waals surface area contributed by atoms with Gasteiger partial charge in [0, 0.05) is 28.7 Å². The van der Waals surface area contributed by atoms with Crippen molar-refractivity contribution in [1.29, 1.82) is 0 Å². The van der Waals surface area contributed by atoms with Crippen molar-refractivity contribution in [1.82, 2.24) is 4.90 Å². The molecule has 0 radical (unpaired) electrons. The molecule has 0 aliphatic rings. The van der Waals surface area contributed by atoms with Crippen molar-refractivity contribution in [3.8, 4) is 0 Å². The van der Waals surface area contributed by atoms with E-state index in [9.17, 15) is 9.59 Å². The zero-order valence-electron chi connectivity index (χ0n) is 15.5. The highest BCUT2D eigenvalue weighted by atomic mass is 35.5. The van der Waals surface area contributed by atoms with Gasteiger partial charge in [0.25, 0.3) is 0 Å². The summed E-state index contributed by atoms with van der Waals surface area (Å²) in [6.45, 7) is 4.55. The molecule has 0 spiro atoms. The van der Waals surface area contributed by atoms with Crippen LogP contribution in [0.5, 0.6) is 0 Å². The van der Waals surface area contributed by atoms with Crippen LogP contribution in [0.15, 0.2) is 51.7 Å². The average molecular weight is 385 g/mol. The molecule has 0 saturated heterocycles. The summed E-state index contributed by atoms with van der Waals surface area (Å²) in [5.74, 6) is -0.154. The smallest absolute Gasteiger partial charge is 0.336 e. The first-order chi connectivity index (χ1) is 12.8. The van der Waals surface area contributed by atoms with Crippen molar-refractivity contribution in [3.05, 3.63) is 74.6 Å². The molecule has 0 atom stereocenters. The van der Waals surface area contributed by atoms with Crippen LogP contribution in [0.25, 0.3) is 11.0 Å². The molecule has 0 saturated carbocycles. The van der Waals surface area contributed by atoms with Crippen molar-refractivity contribution < 1.29 is 9.21 Å². The Kier molecular flexibility index (Phi) is 5.63. The molecule has 3 rings (SSSR count). The van der Waals surface area contributed by atoms with Gasteiger partial charge in [0.15, 0.2) is 0 Å². The maximum Gasteiger partial charge on any atom is 0.336 e. The molecule has 1 heterocycles. The van der Waals surface area contributed by atoms with E-state index in [1.165, 1.54) is 6.07 Å². The number of halogens is 1. The minimum Gasteiger partial charge on any atom is -0.422 e. The molecule has 1 amide bonds. The molecular formula is C21H21ClN2O3. The van der Waals surface area contributed by atoms with Gasteiger partial charge in [-0.05, 0) is 55.8 Å². The molecular weight excluding hydrogens is 364 g/mol. The number of amides is 1. The van der Waals surface area contributed by atoms with Crippen LogP contribution in [-0.4, -0.2) is 24.4 Å². The lowest BCUT2D eigenvalue weighted by Gasteiger charge is -2.18. The molecule has 140 valence electrons. The average Bonchev–Trinajstić information content (AvgIpc) is 2.58. The molecule has 2 aromatic carbocycles. The second-order valence-electron chi connectivity index (χ2n) is 6.71. The molecule has 0 unspecified atom stereocenters. The third kappa shape index (κ3) is 4.56. The Labute approximate surface area is 162 Å². The Balaban J connectivity index is 1.76. The van der Waals surface area contributed by atoms with Gasteiger partial charge in [0.2, 0.25) is 5.91 Å². The second-order valence-corrected chi connectivity index (χ2v) is 7.14. The third-order valence-electron chi connectivity index (χ3n) is 4.48. The fourth-order valence-corrected chi connectivity index (χ4v) is 3.20. The lowest BCUT2D eigenvalue weighted by Crippen LogP contribution is -2.30. The van der Waals surface area contributed by atoms with E-state index in [1.54, 1.807) is 24.3 Å². The van der Waals surface area contributed by atoms with Crippen LogP contribution in [0.4, 0.5) is 5.69 Å². The van der Waals surface area contributed by atoms with Crippen molar-refractivity contribution >= 4 is 34.2 Å². The lowest BCUT2D eigenvalue weighted by atomic mass is 10.0. The number of likely N-dealkylation sites (N-methyl/N-ethyl adjacent to an activating group) is 1. The van der Waals surface area contributed by atoms with E-state index in [0.717, 1.165) is 22.1 Å².